The quantitative estimate of drug-likeness (QED) is 0.706. The highest BCUT2D eigenvalue weighted by molar-refractivity contribution is 4.83. The molecule has 4 atom stereocenters. The van der Waals surface area contributed by atoms with Crippen LogP contribution < -0.4 is 0 Å². The molecule has 16 heavy (non-hydrogen) atoms. The minimum absolute atomic E-state index is 0.0813. The summed E-state index contributed by atoms with van der Waals surface area (Å²) < 4.78 is 5.85. The van der Waals surface area contributed by atoms with Crippen molar-refractivity contribution in [2.45, 2.75) is 71.5 Å². The van der Waals surface area contributed by atoms with Gasteiger partial charge in [-0.1, -0.05) is 40.0 Å². The van der Waals surface area contributed by atoms with E-state index in [1.165, 1.54) is 25.7 Å². The van der Waals surface area contributed by atoms with Gasteiger partial charge in [0.2, 0.25) is 0 Å². The number of rotatable bonds is 6. The normalized spacial score (nSPS) is 35.2. The lowest BCUT2D eigenvalue weighted by atomic mass is 9.79. The largest absolute Gasteiger partial charge is 0.390 e. The predicted molar refractivity (Wildman–Crippen MR) is 67.5 cm³/mol. The summed E-state index contributed by atoms with van der Waals surface area (Å²) in [7, 11) is 0. The van der Waals surface area contributed by atoms with Crippen LogP contribution in [0.2, 0.25) is 0 Å². The molecule has 0 bridgehead atoms. The molecule has 0 saturated heterocycles. The second kappa shape index (κ2) is 7.29. The van der Waals surface area contributed by atoms with Crippen molar-refractivity contribution in [3.05, 3.63) is 0 Å². The summed E-state index contributed by atoms with van der Waals surface area (Å²) in [5.41, 5.74) is 0. The first-order valence-corrected chi connectivity index (χ1v) is 6.94. The molecule has 0 aliphatic heterocycles. The maximum absolute atomic E-state index is 9.99. The van der Waals surface area contributed by atoms with Gasteiger partial charge < -0.3 is 9.84 Å². The van der Waals surface area contributed by atoms with Crippen LogP contribution >= 0.6 is 0 Å². The number of hydrogen-bond acceptors (Lipinski definition) is 2. The first-order chi connectivity index (χ1) is 7.65. The second-order valence-electron chi connectivity index (χ2n) is 5.52. The van der Waals surface area contributed by atoms with Crippen molar-refractivity contribution < 1.29 is 9.84 Å². The van der Waals surface area contributed by atoms with Gasteiger partial charge in [0.05, 0.1) is 12.2 Å². The smallest absolute Gasteiger partial charge is 0.0859 e. The van der Waals surface area contributed by atoms with Crippen LogP contribution in [-0.4, -0.2) is 23.9 Å². The van der Waals surface area contributed by atoms with Gasteiger partial charge in [-0.25, -0.2) is 0 Å². The summed E-state index contributed by atoms with van der Waals surface area (Å²) in [6.07, 6.45) is 6.88. The molecule has 96 valence electrons. The van der Waals surface area contributed by atoms with Crippen LogP contribution in [0.25, 0.3) is 0 Å². The summed E-state index contributed by atoms with van der Waals surface area (Å²) in [6.45, 7) is 7.46. The number of hydrogen-bond donors (Lipinski definition) is 1. The SMILES string of the molecule is CCCCCCOC1C(C)CC(C)CC1O. The molecule has 0 heterocycles. The monoisotopic (exact) mass is 228 g/mol. The molecule has 1 saturated carbocycles. The van der Waals surface area contributed by atoms with E-state index in [9.17, 15) is 5.11 Å². The zero-order chi connectivity index (χ0) is 12.0. The van der Waals surface area contributed by atoms with Gasteiger partial charge in [-0.3, -0.25) is 0 Å². The average Bonchev–Trinajstić information content (AvgIpc) is 2.20. The predicted octanol–water partition coefficient (Wildman–Crippen LogP) is 3.38. The molecule has 1 N–H and O–H groups in total. The Balaban J connectivity index is 2.19. The van der Waals surface area contributed by atoms with Gasteiger partial charge in [0.25, 0.3) is 0 Å². The Kier molecular flexibility index (Phi) is 6.37. The van der Waals surface area contributed by atoms with Gasteiger partial charge in [-0.05, 0) is 31.1 Å². The third-order valence-corrected chi connectivity index (χ3v) is 3.67. The minimum Gasteiger partial charge on any atom is -0.390 e. The number of aliphatic hydroxyl groups excluding tert-OH is 1. The molecule has 0 radical (unpaired) electrons. The zero-order valence-corrected chi connectivity index (χ0v) is 11.1. The highest BCUT2D eigenvalue weighted by Crippen LogP contribution is 2.31. The van der Waals surface area contributed by atoms with Crippen LogP contribution in [0.1, 0.15) is 59.3 Å². The van der Waals surface area contributed by atoms with Gasteiger partial charge in [0, 0.05) is 6.61 Å². The third-order valence-electron chi connectivity index (χ3n) is 3.67. The van der Waals surface area contributed by atoms with Crippen molar-refractivity contribution in [2.75, 3.05) is 6.61 Å². The molecule has 0 aromatic heterocycles. The number of aliphatic hydroxyl groups is 1. The minimum atomic E-state index is -0.245. The van der Waals surface area contributed by atoms with Crippen LogP contribution in [0, 0.1) is 11.8 Å². The first-order valence-electron chi connectivity index (χ1n) is 6.94. The van der Waals surface area contributed by atoms with Crippen molar-refractivity contribution in [3.8, 4) is 0 Å². The standard InChI is InChI=1S/C14H28O2/c1-4-5-6-7-8-16-14-12(3)9-11(2)10-13(14)15/h11-15H,4-10H2,1-3H3. The van der Waals surface area contributed by atoms with E-state index in [1.54, 1.807) is 0 Å². The van der Waals surface area contributed by atoms with E-state index in [0.29, 0.717) is 11.8 Å². The fraction of sp³-hybridized carbons (Fsp3) is 1.00. The molecule has 4 unspecified atom stereocenters. The molecule has 0 spiro atoms. The first kappa shape index (κ1) is 14.0. The Morgan fingerprint density at radius 1 is 1.12 bits per heavy atom. The van der Waals surface area contributed by atoms with E-state index in [-0.39, 0.29) is 12.2 Å². The Morgan fingerprint density at radius 2 is 1.88 bits per heavy atom. The number of ether oxygens (including phenoxy) is 1. The molecule has 1 rings (SSSR count). The molecule has 1 aliphatic carbocycles. The second-order valence-corrected chi connectivity index (χ2v) is 5.52. The van der Waals surface area contributed by atoms with Crippen LogP contribution in [-0.2, 0) is 4.74 Å². The Hall–Kier alpha value is -0.0800. The molecule has 0 amide bonds. The molecule has 2 nitrogen and oxygen atoms in total. The van der Waals surface area contributed by atoms with E-state index >= 15 is 0 Å². The Bertz CT molecular complexity index is 170. The van der Waals surface area contributed by atoms with Gasteiger partial charge in [-0.2, -0.15) is 0 Å². The van der Waals surface area contributed by atoms with Crippen molar-refractivity contribution >= 4 is 0 Å². The van der Waals surface area contributed by atoms with Crippen molar-refractivity contribution in [3.63, 3.8) is 0 Å². The summed E-state index contributed by atoms with van der Waals surface area (Å²) >= 11 is 0. The van der Waals surface area contributed by atoms with Gasteiger partial charge in [-0.15, -0.1) is 0 Å². The zero-order valence-electron chi connectivity index (χ0n) is 11.1. The van der Waals surface area contributed by atoms with Crippen LogP contribution in [0.3, 0.4) is 0 Å². The average molecular weight is 228 g/mol. The fourth-order valence-electron chi connectivity index (χ4n) is 2.81. The lowest BCUT2D eigenvalue weighted by Gasteiger charge is -2.36. The van der Waals surface area contributed by atoms with E-state index in [0.717, 1.165) is 19.4 Å². The lowest BCUT2D eigenvalue weighted by Crippen LogP contribution is -2.41. The molecule has 0 aromatic rings. The lowest BCUT2D eigenvalue weighted by molar-refractivity contribution is -0.0963. The Labute approximate surface area is 100 Å². The molecule has 2 heteroatoms. The van der Waals surface area contributed by atoms with Crippen molar-refractivity contribution in [2.24, 2.45) is 11.8 Å². The summed E-state index contributed by atoms with van der Waals surface area (Å²) in [6, 6.07) is 0. The Morgan fingerprint density at radius 3 is 2.50 bits per heavy atom. The molecular weight excluding hydrogens is 200 g/mol. The van der Waals surface area contributed by atoms with Crippen LogP contribution in [0.15, 0.2) is 0 Å². The summed E-state index contributed by atoms with van der Waals surface area (Å²) in [5, 5.41) is 9.99. The highest BCUT2D eigenvalue weighted by atomic mass is 16.5. The summed E-state index contributed by atoms with van der Waals surface area (Å²) in [4.78, 5) is 0. The maximum atomic E-state index is 9.99. The van der Waals surface area contributed by atoms with E-state index in [2.05, 4.69) is 20.8 Å². The van der Waals surface area contributed by atoms with Gasteiger partial charge in [0.15, 0.2) is 0 Å². The van der Waals surface area contributed by atoms with Crippen LogP contribution in [0.4, 0.5) is 0 Å². The molecule has 1 aliphatic rings. The maximum Gasteiger partial charge on any atom is 0.0859 e. The van der Waals surface area contributed by atoms with Crippen molar-refractivity contribution in [1.29, 1.82) is 0 Å². The molecule has 0 aromatic carbocycles. The van der Waals surface area contributed by atoms with Crippen LogP contribution in [0.5, 0.6) is 0 Å². The number of unbranched alkanes of at least 4 members (excludes halogenated alkanes) is 3. The van der Waals surface area contributed by atoms with Crippen molar-refractivity contribution in [1.82, 2.24) is 0 Å². The van der Waals surface area contributed by atoms with E-state index < -0.39 is 0 Å². The van der Waals surface area contributed by atoms with E-state index in [4.69, 9.17) is 4.74 Å². The highest BCUT2D eigenvalue weighted by Gasteiger charge is 2.33. The van der Waals surface area contributed by atoms with E-state index in [1.807, 2.05) is 0 Å². The topological polar surface area (TPSA) is 29.5 Å². The molecule has 1 fully saturated rings. The summed E-state index contributed by atoms with van der Waals surface area (Å²) in [5.74, 6) is 1.15. The van der Waals surface area contributed by atoms with Gasteiger partial charge >= 0.3 is 0 Å². The third kappa shape index (κ3) is 4.42. The fourth-order valence-corrected chi connectivity index (χ4v) is 2.81. The molecular formula is C14H28O2. The van der Waals surface area contributed by atoms with Gasteiger partial charge in [0.1, 0.15) is 0 Å².